The highest BCUT2D eigenvalue weighted by atomic mass is 15.2. The van der Waals surface area contributed by atoms with Crippen molar-refractivity contribution in [2.75, 3.05) is 0 Å². The standard InChI is InChI=1S/C12H27N/c1-7-10(4)13(11(5)8-2)12(6)9-3/h10-12H,7-9H2,1-6H3. The first kappa shape index (κ1) is 13.0. The third-order valence-electron chi connectivity index (χ3n) is 3.30. The third kappa shape index (κ3) is 3.68. The van der Waals surface area contributed by atoms with Gasteiger partial charge in [0.15, 0.2) is 0 Å². The van der Waals surface area contributed by atoms with Gasteiger partial charge >= 0.3 is 0 Å². The maximum Gasteiger partial charge on any atom is 0.00699 e. The molecule has 0 rings (SSSR count). The normalized spacial score (nSPS) is 18.7. The Kier molecular flexibility index (Phi) is 6.40. The van der Waals surface area contributed by atoms with Crippen LogP contribution in [0, 0.1) is 0 Å². The van der Waals surface area contributed by atoms with Crippen LogP contribution in [0.4, 0.5) is 0 Å². The molecule has 0 fully saturated rings. The molecule has 0 aliphatic rings. The third-order valence-corrected chi connectivity index (χ3v) is 3.30. The Balaban J connectivity index is 4.34. The Hall–Kier alpha value is -0.0400. The lowest BCUT2D eigenvalue weighted by molar-refractivity contribution is 0.0958. The predicted molar refractivity (Wildman–Crippen MR) is 61.1 cm³/mol. The van der Waals surface area contributed by atoms with E-state index in [1.54, 1.807) is 0 Å². The highest BCUT2D eigenvalue weighted by molar-refractivity contribution is 4.76. The van der Waals surface area contributed by atoms with Gasteiger partial charge in [0, 0.05) is 18.1 Å². The van der Waals surface area contributed by atoms with Gasteiger partial charge in [-0.25, -0.2) is 0 Å². The van der Waals surface area contributed by atoms with Gasteiger partial charge < -0.3 is 0 Å². The lowest BCUT2D eigenvalue weighted by Gasteiger charge is -2.38. The largest absolute Gasteiger partial charge is 0.295 e. The van der Waals surface area contributed by atoms with Gasteiger partial charge in [-0.2, -0.15) is 0 Å². The van der Waals surface area contributed by atoms with Crippen molar-refractivity contribution in [1.82, 2.24) is 4.90 Å². The summed E-state index contributed by atoms with van der Waals surface area (Å²) < 4.78 is 0. The summed E-state index contributed by atoms with van der Waals surface area (Å²) in [4.78, 5) is 2.67. The van der Waals surface area contributed by atoms with Crippen molar-refractivity contribution < 1.29 is 0 Å². The van der Waals surface area contributed by atoms with E-state index in [0.717, 1.165) is 18.1 Å². The minimum absolute atomic E-state index is 0.727. The molecule has 0 heterocycles. The first-order chi connectivity index (χ1) is 6.08. The molecule has 0 bridgehead atoms. The average molecular weight is 185 g/mol. The minimum atomic E-state index is 0.727. The molecule has 0 aromatic rings. The molecule has 13 heavy (non-hydrogen) atoms. The molecule has 0 amide bonds. The summed E-state index contributed by atoms with van der Waals surface area (Å²) in [6.07, 6.45) is 3.78. The fourth-order valence-corrected chi connectivity index (χ4v) is 1.94. The van der Waals surface area contributed by atoms with Crippen LogP contribution in [0.25, 0.3) is 0 Å². The molecule has 3 atom stereocenters. The predicted octanol–water partition coefficient (Wildman–Crippen LogP) is 3.68. The highest BCUT2D eigenvalue weighted by Crippen LogP contribution is 2.17. The van der Waals surface area contributed by atoms with E-state index in [1.807, 2.05) is 0 Å². The zero-order valence-electron chi connectivity index (χ0n) is 10.3. The molecular weight excluding hydrogens is 158 g/mol. The fourth-order valence-electron chi connectivity index (χ4n) is 1.94. The maximum atomic E-state index is 2.67. The van der Waals surface area contributed by atoms with Crippen LogP contribution in [0.3, 0.4) is 0 Å². The summed E-state index contributed by atoms with van der Waals surface area (Å²) in [7, 11) is 0. The Morgan fingerprint density at radius 1 is 0.692 bits per heavy atom. The van der Waals surface area contributed by atoms with Crippen LogP contribution in [0.15, 0.2) is 0 Å². The number of rotatable bonds is 6. The van der Waals surface area contributed by atoms with Crippen molar-refractivity contribution in [1.29, 1.82) is 0 Å². The lowest BCUT2D eigenvalue weighted by atomic mass is 10.1. The Morgan fingerprint density at radius 2 is 0.923 bits per heavy atom. The van der Waals surface area contributed by atoms with E-state index < -0.39 is 0 Å². The van der Waals surface area contributed by atoms with E-state index in [1.165, 1.54) is 19.3 Å². The van der Waals surface area contributed by atoms with Gasteiger partial charge in [-0.3, -0.25) is 4.90 Å². The molecule has 0 aromatic heterocycles. The Bertz CT molecular complexity index is 98.5. The number of hydrogen-bond donors (Lipinski definition) is 0. The van der Waals surface area contributed by atoms with Crippen molar-refractivity contribution >= 4 is 0 Å². The van der Waals surface area contributed by atoms with Gasteiger partial charge in [0.05, 0.1) is 0 Å². The summed E-state index contributed by atoms with van der Waals surface area (Å²) >= 11 is 0. The molecule has 0 radical (unpaired) electrons. The molecule has 80 valence electrons. The summed E-state index contributed by atoms with van der Waals surface area (Å²) in [5.41, 5.74) is 0. The van der Waals surface area contributed by atoms with Crippen LogP contribution >= 0.6 is 0 Å². The van der Waals surface area contributed by atoms with Crippen molar-refractivity contribution in [2.45, 2.75) is 78.9 Å². The molecule has 0 N–H and O–H groups in total. The van der Waals surface area contributed by atoms with Gasteiger partial charge in [0.25, 0.3) is 0 Å². The van der Waals surface area contributed by atoms with E-state index in [0.29, 0.717) is 0 Å². The summed E-state index contributed by atoms with van der Waals surface area (Å²) in [5, 5.41) is 0. The van der Waals surface area contributed by atoms with Gasteiger partial charge in [0.1, 0.15) is 0 Å². The van der Waals surface area contributed by atoms with E-state index in [2.05, 4.69) is 46.4 Å². The van der Waals surface area contributed by atoms with E-state index in [-0.39, 0.29) is 0 Å². The van der Waals surface area contributed by atoms with Crippen LogP contribution in [0.5, 0.6) is 0 Å². The zero-order chi connectivity index (χ0) is 10.4. The molecule has 1 nitrogen and oxygen atoms in total. The molecule has 0 aliphatic carbocycles. The van der Waals surface area contributed by atoms with Gasteiger partial charge in [0.2, 0.25) is 0 Å². The second-order valence-electron chi connectivity index (χ2n) is 4.22. The van der Waals surface area contributed by atoms with Crippen LogP contribution in [-0.4, -0.2) is 23.0 Å². The quantitative estimate of drug-likeness (QED) is 0.610. The van der Waals surface area contributed by atoms with Gasteiger partial charge in [-0.05, 0) is 40.0 Å². The fraction of sp³-hybridized carbons (Fsp3) is 1.00. The minimum Gasteiger partial charge on any atom is -0.295 e. The molecule has 1 heteroatoms. The monoisotopic (exact) mass is 185 g/mol. The zero-order valence-corrected chi connectivity index (χ0v) is 10.3. The average Bonchev–Trinajstić information content (AvgIpc) is 2.16. The van der Waals surface area contributed by atoms with Crippen molar-refractivity contribution in [3.63, 3.8) is 0 Å². The van der Waals surface area contributed by atoms with E-state index >= 15 is 0 Å². The van der Waals surface area contributed by atoms with Crippen molar-refractivity contribution in [3.05, 3.63) is 0 Å². The molecule has 0 aromatic carbocycles. The van der Waals surface area contributed by atoms with E-state index in [4.69, 9.17) is 0 Å². The van der Waals surface area contributed by atoms with Crippen LogP contribution < -0.4 is 0 Å². The van der Waals surface area contributed by atoms with Crippen LogP contribution in [-0.2, 0) is 0 Å². The molecule has 0 aliphatic heterocycles. The van der Waals surface area contributed by atoms with Gasteiger partial charge in [-0.1, -0.05) is 20.8 Å². The Morgan fingerprint density at radius 3 is 1.08 bits per heavy atom. The Labute approximate surface area is 84.5 Å². The summed E-state index contributed by atoms with van der Waals surface area (Å²) in [6, 6.07) is 2.18. The SMILES string of the molecule is CCC(C)N(C(C)CC)C(C)CC. The molecule has 0 saturated heterocycles. The smallest absolute Gasteiger partial charge is 0.00699 e. The lowest BCUT2D eigenvalue weighted by Crippen LogP contribution is -2.45. The van der Waals surface area contributed by atoms with Gasteiger partial charge in [-0.15, -0.1) is 0 Å². The molecule has 0 saturated carbocycles. The number of hydrogen-bond acceptors (Lipinski definition) is 1. The first-order valence-electron chi connectivity index (χ1n) is 5.85. The number of nitrogens with zero attached hydrogens (tertiary/aromatic N) is 1. The van der Waals surface area contributed by atoms with E-state index in [9.17, 15) is 0 Å². The summed E-state index contributed by atoms with van der Waals surface area (Å²) in [6.45, 7) is 13.9. The van der Waals surface area contributed by atoms with Crippen LogP contribution in [0.2, 0.25) is 0 Å². The van der Waals surface area contributed by atoms with Crippen LogP contribution in [0.1, 0.15) is 60.8 Å². The highest BCUT2D eigenvalue weighted by Gasteiger charge is 2.21. The first-order valence-corrected chi connectivity index (χ1v) is 5.85. The molecule has 0 spiro atoms. The second kappa shape index (κ2) is 6.42. The topological polar surface area (TPSA) is 3.24 Å². The molecule has 3 unspecified atom stereocenters. The molecular formula is C12H27N. The summed E-state index contributed by atoms with van der Waals surface area (Å²) in [5.74, 6) is 0. The van der Waals surface area contributed by atoms with Crippen molar-refractivity contribution in [2.24, 2.45) is 0 Å². The second-order valence-corrected chi connectivity index (χ2v) is 4.22. The van der Waals surface area contributed by atoms with Crippen molar-refractivity contribution in [3.8, 4) is 0 Å². The maximum absolute atomic E-state index is 2.67.